The normalized spacial score (nSPS) is 10.8. The zero-order valence-corrected chi connectivity index (χ0v) is 14.5. The molecule has 0 aliphatic rings. The number of ether oxygens (including phenoxy) is 1. The predicted molar refractivity (Wildman–Crippen MR) is 95.7 cm³/mol. The molecule has 3 rings (SSSR count). The molecule has 0 unspecified atom stereocenters. The summed E-state index contributed by atoms with van der Waals surface area (Å²) in [5, 5.41) is 0. The zero-order valence-electron chi connectivity index (χ0n) is 14.5. The molecular formula is C18H21N5O2. The van der Waals surface area contributed by atoms with Gasteiger partial charge in [-0.15, -0.1) is 0 Å². The molecule has 0 bridgehead atoms. The third kappa shape index (κ3) is 3.64. The summed E-state index contributed by atoms with van der Waals surface area (Å²) in [5.41, 5.74) is 7.27. The van der Waals surface area contributed by atoms with E-state index >= 15 is 0 Å². The van der Waals surface area contributed by atoms with Crippen LogP contribution >= 0.6 is 0 Å². The number of methoxy groups -OCH3 is 1. The van der Waals surface area contributed by atoms with E-state index in [0.717, 1.165) is 19.3 Å². The summed E-state index contributed by atoms with van der Waals surface area (Å²) in [6, 6.07) is 3.66. The van der Waals surface area contributed by atoms with Crippen LogP contribution in [-0.4, -0.2) is 33.2 Å². The van der Waals surface area contributed by atoms with Crippen molar-refractivity contribution in [3.63, 3.8) is 0 Å². The van der Waals surface area contributed by atoms with Gasteiger partial charge in [0, 0.05) is 20.1 Å². The van der Waals surface area contributed by atoms with Gasteiger partial charge in [0.25, 0.3) is 0 Å². The molecule has 0 spiro atoms. The lowest BCUT2D eigenvalue weighted by molar-refractivity contribution is 0.188. The molecule has 0 radical (unpaired) electrons. The van der Waals surface area contributed by atoms with Gasteiger partial charge < -0.3 is 19.5 Å². The molecule has 3 aromatic heterocycles. The van der Waals surface area contributed by atoms with Gasteiger partial charge in [-0.3, -0.25) is 0 Å². The topological polar surface area (TPSA) is 92.0 Å². The van der Waals surface area contributed by atoms with Gasteiger partial charge in [0.05, 0.1) is 12.9 Å². The number of fused-ring (bicyclic) bond motifs is 1. The first kappa shape index (κ1) is 17.0. The number of aromatic nitrogens is 4. The van der Waals surface area contributed by atoms with Crippen molar-refractivity contribution in [1.29, 1.82) is 0 Å². The summed E-state index contributed by atoms with van der Waals surface area (Å²) in [6.45, 7) is 3.22. The highest BCUT2D eigenvalue weighted by Gasteiger charge is 2.18. The summed E-state index contributed by atoms with van der Waals surface area (Å²) >= 11 is 0. The smallest absolute Gasteiger partial charge is 0.208 e. The lowest BCUT2D eigenvalue weighted by Gasteiger charge is -2.06. The Bertz CT molecular complexity index is 903. The highest BCUT2D eigenvalue weighted by atomic mass is 16.5. The second-order valence-corrected chi connectivity index (χ2v) is 5.57. The Kier molecular flexibility index (Phi) is 5.31. The Hall–Kier alpha value is -2.85. The summed E-state index contributed by atoms with van der Waals surface area (Å²) in [7, 11) is 1.65. The van der Waals surface area contributed by atoms with Crippen molar-refractivity contribution in [3.8, 4) is 23.4 Å². The maximum Gasteiger partial charge on any atom is 0.208 e. The average Bonchev–Trinajstić information content (AvgIpc) is 3.25. The molecule has 0 aromatic carbocycles. The number of nitrogens with zero attached hydrogens (tertiary/aromatic N) is 4. The van der Waals surface area contributed by atoms with Crippen molar-refractivity contribution in [2.75, 3.05) is 19.5 Å². The first-order valence-electron chi connectivity index (χ1n) is 8.30. The molecule has 0 aliphatic heterocycles. The standard InChI is InChI=1S/C18H21N5O2/c1-3-4-5-6-9-14-20-16(19)15-18(21-14)23(10-12-24-2)17(22-15)13-8-7-11-25-13/h7-8,11H,3-5,10,12H2,1-2H3,(H2,19,20,21). The van der Waals surface area contributed by atoms with Gasteiger partial charge in [0.2, 0.25) is 5.82 Å². The van der Waals surface area contributed by atoms with Crippen molar-refractivity contribution in [2.45, 2.75) is 32.7 Å². The van der Waals surface area contributed by atoms with Crippen LogP contribution in [-0.2, 0) is 11.3 Å². The molecule has 2 N–H and O–H groups in total. The molecule has 7 heteroatoms. The minimum atomic E-state index is 0.314. The van der Waals surface area contributed by atoms with E-state index in [0.29, 0.717) is 47.5 Å². The number of hydrogen-bond donors (Lipinski definition) is 1. The van der Waals surface area contributed by atoms with E-state index in [-0.39, 0.29) is 0 Å². The van der Waals surface area contributed by atoms with Crippen LogP contribution in [0.25, 0.3) is 22.7 Å². The minimum Gasteiger partial charge on any atom is -0.461 e. The number of furan rings is 1. The van der Waals surface area contributed by atoms with Crippen LogP contribution in [0, 0.1) is 11.8 Å². The Morgan fingerprint density at radius 3 is 2.92 bits per heavy atom. The van der Waals surface area contributed by atoms with E-state index < -0.39 is 0 Å². The van der Waals surface area contributed by atoms with Gasteiger partial charge in [0.1, 0.15) is 0 Å². The van der Waals surface area contributed by atoms with E-state index in [2.05, 4.69) is 33.7 Å². The van der Waals surface area contributed by atoms with Crippen LogP contribution in [0.2, 0.25) is 0 Å². The summed E-state index contributed by atoms with van der Waals surface area (Å²) in [5.74, 6) is 8.09. The van der Waals surface area contributed by atoms with E-state index in [1.54, 1.807) is 13.4 Å². The second kappa shape index (κ2) is 7.81. The molecule has 0 atom stereocenters. The molecule has 0 fully saturated rings. The van der Waals surface area contributed by atoms with E-state index in [4.69, 9.17) is 14.9 Å². The van der Waals surface area contributed by atoms with Crippen molar-refractivity contribution in [2.24, 2.45) is 0 Å². The van der Waals surface area contributed by atoms with Gasteiger partial charge in [-0.1, -0.05) is 19.3 Å². The number of imidazole rings is 1. The number of nitrogen functional groups attached to an aromatic ring is 1. The van der Waals surface area contributed by atoms with Crippen LogP contribution in [0.4, 0.5) is 5.82 Å². The fourth-order valence-corrected chi connectivity index (χ4v) is 2.47. The lowest BCUT2D eigenvalue weighted by atomic mass is 10.2. The molecule has 3 heterocycles. The van der Waals surface area contributed by atoms with Crippen molar-refractivity contribution in [3.05, 3.63) is 24.2 Å². The van der Waals surface area contributed by atoms with Crippen molar-refractivity contribution in [1.82, 2.24) is 19.5 Å². The molecule has 0 saturated heterocycles. The molecule has 7 nitrogen and oxygen atoms in total. The molecule has 130 valence electrons. The Labute approximate surface area is 146 Å². The minimum absolute atomic E-state index is 0.314. The number of nitrogens with two attached hydrogens (primary N) is 1. The largest absolute Gasteiger partial charge is 0.461 e. The van der Waals surface area contributed by atoms with Gasteiger partial charge in [-0.25, -0.2) is 15.0 Å². The fourth-order valence-electron chi connectivity index (χ4n) is 2.47. The maximum absolute atomic E-state index is 6.10. The highest BCUT2D eigenvalue weighted by Crippen LogP contribution is 2.26. The van der Waals surface area contributed by atoms with Gasteiger partial charge >= 0.3 is 0 Å². The molecule has 3 aromatic rings. The number of anilines is 1. The maximum atomic E-state index is 6.10. The summed E-state index contributed by atoms with van der Waals surface area (Å²) < 4.78 is 12.6. The molecule has 0 saturated carbocycles. The highest BCUT2D eigenvalue weighted by molar-refractivity contribution is 5.85. The average molecular weight is 339 g/mol. The Morgan fingerprint density at radius 2 is 2.20 bits per heavy atom. The van der Waals surface area contributed by atoms with Crippen LogP contribution in [0.1, 0.15) is 32.0 Å². The Balaban J connectivity index is 2.09. The Morgan fingerprint density at radius 1 is 1.32 bits per heavy atom. The summed E-state index contributed by atoms with van der Waals surface area (Å²) in [4.78, 5) is 13.4. The van der Waals surface area contributed by atoms with Crippen LogP contribution in [0.5, 0.6) is 0 Å². The first-order chi connectivity index (χ1) is 12.2. The van der Waals surface area contributed by atoms with Gasteiger partial charge in [-0.05, 0) is 24.5 Å². The summed E-state index contributed by atoms with van der Waals surface area (Å²) in [6.07, 6.45) is 4.58. The zero-order chi connectivity index (χ0) is 17.6. The van der Waals surface area contributed by atoms with Gasteiger partial charge in [0.15, 0.2) is 28.6 Å². The number of rotatable bonds is 6. The van der Waals surface area contributed by atoms with Crippen LogP contribution < -0.4 is 5.73 Å². The first-order valence-corrected chi connectivity index (χ1v) is 8.30. The van der Waals surface area contributed by atoms with Crippen LogP contribution in [0.15, 0.2) is 22.8 Å². The lowest BCUT2D eigenvalue weighted by Crippen LogP contribution is -2.07. The van der Waals surface area contributed by atoms with E-state index in [1.165, 1.54) is 0 Å². The molecule has 0 amide bonds. The molecule has 0 aliphatic carbocycles. The SMILES string of the molecule is CCCCC#Cc1nc(N)c2nc(-c3ccco3)n(CCOC)c2n1. The van der Waals surface area contributed by atoms with E-state index in [1.807, 2.05) is 16.7 Å². The third-order valence-electron chi connectivity index (χ3n) is 3.74. The monoisotopic (exact) mass is 339 g/mol. The fraction of sp³-hybridized carbons (Fsp3) is 0.389. The van der Waals surface area contributed by atoms with Crippen molar-refractivity contribution < 1.29 is 9.15 Å². The van der Waals surface area contributed by atoms with E-state index in [9.17, 15) is 0 Å². The quantitative estimate of drug-likeness (QED) is 0.548. The predicted octanol–water partition coefficient (Wildman–Crippen LogP) is 2.86. The second-order valence-electron chi connectivity index (χ2n) is 5.57. The van der Waals surface area contributed by atoms with Gasteiger partial charge in [-0.2, -0.15) is 0 Å². The number of hydrogen-bond acceptors (Lipinski definition) is 6. The molecular weight excluding hydrogens is 318 g/mol. The molecule has 25 heavy (non-hydrogen) atoms. The third-order valence-corrected chi connectivity index (χ3v) is 3.74. The van der Waals surface area contributed by atoms with Crippen LogP contribution in [0.3, 0.4) is 0 Å². The van der Waals surface area contributed by atoms with Crippen molar-refractivity contribution >= 4 is 17.0 Å². The number of unbranched alkanes of at least 4 members (excludes halogenated alkanes) is 2.